The number of H-pyrrole nitrogens is 1. The second-order valence-electron chi connectivity index (χ2n) is 2.15. The fourth-order valence-corrected chi connectivity index (χ4v) is 1.65. The van der Waals surface area contributed by atoms with E-state index < -0.39 is 0 Å². The van der Waals surface area contributed by atoms with Crippen molar-refractivity contribution in [2.45, 2.75) is 0 Å². The summed E-state index contributed by atoms with van der Waals surface area (Å²) in [6.07, 6.45) is 2.97. The van der Waals surface area contributed by atoms with Crippen molar-refractivity contribution in [2.24, 2.45) is 0 Å². The van der Waals surface area contributed by atoms with Gasteiger partial charge < -0.3 is 4.98 Å². The molecule has 0 aliphatic rings. The van der Waals surface area contributed by atoms with Crippen LogP contribution in [0.5, 0.6) is 0 Å². The summed E-state index contributed by atoms with van der Waals surface area (Å²) in [6.45, 7) is 0. The molecule has 0 fully saturated rings. The number of aromatic nitrogens is 2. The summed E-state index contributed by atoms with van der Waals surface area (Å²) in [5.41, 5.74) is 0.606. The molecule has 0 aliphatic heterocycles. The summed E-state index contributed by atoms with van der Waals surface area (Å²) < 4.78 is 13.8. The topological polar surface area (TPSA) is 28.7 Å². The van der Waals surface area contributed by atoms with Gasteiger partial charge in [0, 0.05) is 16.0 Å². The molecule has 2 nitrogen and oxygen atoms in total. The van der Waals surface area contributed by atoms with Crippen LogP contribution in [0.3, 0.4) is 0 Å². The zero-order chi connectivity index (χ0) is 7.84. The lowest BCUT2D eigenvalue weighted by Gasteiger charge is -1.90. The minimum atomic E-state index is -0.238. The number of aromatic amines is 1. The van der Waals surface area contributed by atoms with Gasteiger partial charge in [-0.3, -0.25) is 0 Å². The number of halogens is 2. The van der Waals surface area contributed by atoms with Gasteiger partial charge in [0.2, 0.25) is 0 Å². The average molecular weight is 262 g/mol. The predicted molar refractivity (Wildman–Crippen MR) is 48.8 cm³/mol. The summed E-state index contributed by atoms with van der Waals surface area (Å²) in [4.78, 5) is 6.70. The second kappa shape index (κ2) is 2.44. The molecule has 0 aliphatic carbocycles. The summed E-state index contributed by atoms with van der Waals surface area (Å²) in [6, 6.07) is 1.78. The van der Waals surface area contributed by atoms with E-state index in [1.807, 2.05) is 0 Å². The van der Waals surface area contributed by atoms with Gasteiger partial charge in [-0.1, -0.05) is 0 Å². The van der Waals surface area contributed by atoms with Crippen molar-refractivity contribution < 1.29 is 4.39 Å². The Hall–Kier alpha value is -0.650. The average Bonchev–Trinajstić information content (AvgIpc) is 2.34. The van der Waals surface area contributed by atoms with Crippen molar-refractivity contribution >= 4 is 33.6 Å². The van der Waals surface area contributed by atoms with E-state index in [1.54, 1.807) is 12.3 Å². The maximum Gasteiger partial charge on any atom is 0.151 e. The first kappa shape index (κ1) is 7.02. The van der Waals surface area contributed by atoms with E-state index in [-0.39, 0.29) is 5.82 Å². The molecule has 2 heterocycles. The van der Waals surface area contributed by atoms with Crippen LogP contribution in [0.4, 0.5) is 4.39 Å². The molecule has 0 radical (unpaired) electrons. The van der Waals surface area contributed by atoms with Crippen molar-refractivity contribution in [1.29, 1.82) is 0 Å². The molecule has 1 N–H and O–H groups in total. The van der Waals surface area contributed by atoms with Crippen molar-refractivity contribution in [1.82, 2.24) is 9.97 Å². The molecular formula is C7H4FIN2. The predicted octanol–water partition coefficient (Wildman–Crippen LogP) is 2.31. The Labute approximate surface area is 76.0 Å². The van der Waals surface area contributed by atoms with E-state index in [2.05, 4.69) is 32.6 Å². The van der Waals surface area contributed by atoms with Gasteiger partial charge in [0.1, 0.15) is 5.65 Å². The Morgan fingerprint density at radius 3 is 3.09 bits per heavy atom. The summed E-state index contributed by atoms with van der Waals surface area (Å²) >= 11 is 2.08. The highest BCUT2D eigenvalue weighted by Gasteiger charge is 2.05. The molecule has 0 spiro atoms. The monoisotopic (exact) mass is 262 g/mol. The minimum Gasteiger partial charge on any atom is -0.343 e. The molecule has 0 atom stereocenters. The Balaban J connectivity index is 2.96. The molecule has 2 aromatic rings. The van der Waals surface area contributed by atoms with E-state index in [9.17, 15) is 4.39 Å². The number of fused-ring (bicyclic) bond motifs is 1. The van der Waals surface area contributed by atoms with Crippen molar-refractivity contribution in [3.05, 3.63) is 27.8 Å². The molecular weight excluding hydrogens is 258 g/mol. The van der Waals surface area contributed by atoms with Crippen LogP contribution in [0, 0.1) is 9.39 Å². The molecule has 0 unspecified atom stereocenters. The van der Waals surface area contributed by atoms with Crippen LogP contribution in [0.2, 0.25) is 0 Å². The first-order valence-corrected chi connectivity index (χ1v) is 4.14. The van der Waals surface area contributed by atoms with Crippen LogP contribution in [-0.2, 0) is 0 Å². The fraction of sp³-hybridized carbons (Fsp3) is 0. The molecule has 2 aromatic heterocycles. The standard InChI is InChI=1S/C7H4FIN2/c8-4-3-11-7-6(4)5(9)1-2-10-7/h1-3H,(H,10,11). The molecule has 4 heteroatoms. The highest BCUT2D eigenvalue weighted by atomic mass is 127. The Kier molecular flexibility index (Phi) is 1.56. The van der Waals surface area contributed by atoms with Gasteiger partial charge in [-0.25, -0.2) is 9.37 Å². The van der Waals surface area contributed by atoms with E-state index in [1.165, 1.54) is 6.20 Å². The third kappa shape index (κ3) is 1.01. The molecule has 0 saturated carbocycles. The molecule has 11 heavy (non-hydrogen) atoms. The Morgan fingerprint density at radius 2 is 2.36 bits per heavy atom. The lowest BCUT2D eigenvalue weighted by Crippen LogP contribution is -1.79. The van der Waals surface area contributed by atoms with Crippen molar-refractivity contribution in [3.63, 3.8) is 0 Å². The number of hydrogen-bond acceptors (Lipinski definition) is 1. The normalized spacial score (nSPS) is 10.7. The number of nitrogens with one attached hydrogen (secondary N) is 1. The highest BCUT2D eigenvalue weighted by Crippen LogP contribution is 2.20. The molecule has 0 bridgehead atoms. The smallest absolute Gasteiger partial charge is 0.151 e. The van der Waals surface area contributed by atoms with Gasteiger partial charge in [-0.05, 0) is 28.7 Å². The van der Waals surface area contributed by atoms with Crippen LogP contribution in [-0.4, -0.2) is 9.97 Å². The van der Waals surface area contributed by atoms with E-state index >= 15 is 0 Å². The zero-order valence-electron chi connectivity index (χ0n) is 5.44. The van der Waals surface area contributed by atoms with Gasteiger partial charge >= 0.3 is 0 Å². The number of nitrogens with zero attached hydrogens (tertiary/aromatic N) is 1. The van der Waals surface area contributed by atoms with Crippen molar-refractivity contribution in [3.8, 4) is 0 Å². The summed E-state index contributed by atoms with van der Waals surface area (Å²) in [7, 11) is 0. The Morgan fingerprint density at radius 1 is 1.55 bits per heavy atom. The van der Waals surface area contributed by atoms with E-state index in [0.717, 1.165) is 3.57 Å². The summed E-state index contributed by atoms with van der Waals surface area (Å²) in [5, 5.41) is 0.577. The molecule has 56 valence electrons. The van der Waals surface area contributed by atoms with E-state index in [0.29, 0.717) is 11.0 Å². The van der Waals surface area contributed by atoms with Gasteiger partial charge in [0.05, 0.1) is 5.39 Å². The fourth-order valence-electron chi connectivity index (χ4n) is 0.979. The van der Waals surface area contributed by atoms with E-state index in [4.69, 9.17) is 0 Å². The lowest BCUT2D eigenvalue weighted by molar-refractivity contribution is 0.639. The number of hydrogen-bond donors (Lipinski definition) is 1. The Bertz CT molecular complexity index is 396. The molecule has 2 rings (SSSR count). The third-order valence-electron chi connectivity index (χ3n) is 1.47. The largest absolute Gasteiger partial charge is 0.343 e. The third-order valence-corrected chi connectivity index (χ3v) is 2.37. The zero-order valence-corrected chi connectivity index (χ0v) is 7.59. The quantitative estimate of drug-likeness (QED) is 0.725. The first-order chi connectivity index (χ1) is 5.29. The molecule has 0 aromatic carbocycles. The number of rotatable bonds is 0. The van der Waals surface area contributed by atoms with Gasteiger partial charge in [-0.15, -0.1) is 0 Å². The van der Waals surface area contributed by atoms with Gasteiger partial charge in [-0.2, -0.15) is 0 Å². The van der Waals surface area contributed by atoms with Gasteiger partial charge in [0.25, 0.3) is 0 Å². The molecule has 0 saturated heterocycles. The first-order valence-electron chi connectivity index (χ1n) is 3.06. The van der Waals surface area contributed by atoms with Crippen LogP contribution < -0.4 is 0 Å². The maximum absolute atomic E-state index is 12.9. The molecule has 0 amide bonds. The van der Waals surface area contributed by atoms with Gasteiger partial charge in [0.15, 0.2) is 5.82 Å². The summed E-state index contributed by atoms with van der Waals surface area (Å²) in [5.74, 6) is -0.238. The second-order valence-corrected chi connectivity index (χ2v) is 3.32. The highest BCUT2D eigenvalue weighted by molar-refractivity contribution is 14.1. The minimum absolute atomic E-state index is 0.238. The van der Waals surface area contributed by atoms with Crippen LogP contribution in [0.15, 0.2) is 18.5 Å². The number of pyridine rings is 1. The van der Waals surface area contributed by atoms with Crippen molar-refractivity contribution in [2.75, 3.05) is 0 Å². The van der Waals surface area contributed by atoms with Crippen LogP contribution >= 0.6 is 22.6 Å². The maximum atomic E-state index is 12.9. The van der Waals surface area contributed by atoms with Crippen LogP contribution in [0.25, 0.3) is 11.0 Å². The SMILES string of the molecule is Fc1c[nH]c2nccc(I)c12. The lowest BCUT2D eigenvalue weighted by atomic mass is 10.3. The van der Waals surface area contributed by atoms with Crippen LogP contribution in [0.1, 0.15) is 0 Å².